The predicted molar refractivity (Wildman–Crippen MR) is 75.3 cm³/mol. The monoisotopic (exact) mass is 266 g/mol. The molecule has 1 rings (SSSR count). The molecule has 0 aliphatic heterocycles. The fourth-order valence-corrected chi connectivity index (χ4v) is 2.06. The minimum absolute atomic E-state index is 0.111. The van der Waals surface area contributed by atoms with Crippen molar-refractivity contribution in [2.75, 3.05) is 6.54 Å². The molecule has 0 saturated carbocycles. The zero-order valence-corrected chi connectivity index (χ0v) is 11.9. The van der Waals surface area contributed by atoms with E-state index in [2.05, 4.69) is 5.32 Å². The quantitative estimate of drug-likeness (QED) is 0.831. The first-order chi connectivity index (χ1) is 8.98. The zero-order valence-electron chi connectivity index (χ0n) is 11.9. The van der Waals surface area contributed by atoms with Gasteiger partial charge in [-0.25, -0.2) is 4.39 Å². The molecule has 0 fully saturated rings. The number of carbonyl (C=O) groups excluding carboxylic acids is 1. The Morgan fingerprint density at radius 3 is 2.53 bits per heavy atom. The van der Waals surface area contributed by atoms with Crippen molar-refractivity contribution >= 4 is 5.91 Å². The molecule has 0 spiro atoms. The van der Waals surface area contributed by atoms with Crippen molar-refractivity contribution in [1.82, 2.24) is 5.32 Å². The second-order valence-electron chi connectivity index (χ2n) is 4.96. The van der Waals surface area contributed by atoms with E-state index in [-0.39, 0.29) is 23.2 Å². The van der Waals surface area contributed by atoms with Gasteiger partial charge in [-0.1, -0.05) is 26.0 Å². The Kier molecular flexibility index (Phi) is 5.48. The van der Waals surface area contributed by atoms with Crippen LogP contribution in [0, 0.1) is 5.82 Å². The van der Waals surface area contributed by atoms with Crippen LogP contribution >= 0.6 is 0 Å². The van der Waals surface area contributed by atoms with Gasteiger partial charge in [0.1, 0.15) is 5.82 Å². The summed E-state index contributed by atoms with van der Waals surface area (Å²) in [6.07, 6.45) is 1.56. The van der Waals surface area contributed by atoms with Crippen molar-refractivity contribution < 1.29 is 9.18 Å². The lowest BCUT2D eigenvalue weighted by molar-refractivity contribution is -0.124. The van der Waals surface area contributed by atoms with Gasteiger partial charge in [0, 0.05) is 6.54 Å². The molecule has 19 heavy (non-hydrogen) atoms. The van der Waals surface area contributed by atoms with Crippen LogP contribution in [0.2, 0.25) is 0 Å². The molecular formula is C15H23FN2O. The van der Waals surface area contributed by atoms with E-state index in [1.807, 2.05) is 13.8 Å². The van der Waals surface area contributed by atoms with Gasteiger partial charge in [-0.3, -0.25) is 4.79 Å². The van der Waals surface area contributed by atoms with E-state index in [1.54, 1.807) is 19.1 Å². The molecule has 3 nitrogen and oxygen atoms in total. The number of halogens is 1. The van der Waals surface area contributed by atoms with Crippen molar-refractivity contribution in [1.29, 1.82) is 0 Å². The average Bonchev–Trinajstić information content (AvgIpc) is 2.44. The molecule has 0 heterocycles. The lowest BCUT2D eigenvalue weighted by Gasteiger charge is -2.32. The maximum absolute atomic E-state index is 13.2. The lowest BCUT2D eigenvalue weighted by Crippen LogP contribution is -2.53. The Labute approximate surface area is 114 Å². The van der Waals surface area contributed by atoms with Crippen LogP contribution in [-0.2, 0) is 4.79 Å². The smallest absolute Gasteiger partial charge is 0.227 e. The van der Waals surface area contributed by atoms with Gasteiger partial charge in [0.15, 0.2) is 0 Å². The highest BCUT2D eigenvalue weighted by atomic mass is 19.1. The average molecular weight is 266 g/mol. The maximum Gasteiger partial charge on any atom is 0.227 e. The Hall–Kier alpha value is -1.42. The molecule has 1 amide bonds. The highest BCUT2D eigenvalue weighted by Crippen LogP contribution is 2.20. The van der Waals surface area contributed by atoms with Crippen molar-refractivity contribution in [2.45, 2.75) is 45.1 Å². The van der Waals surface area contributed by atoms with Crippen LogP contribution in [0.4, 0.5) is 4.39 Å². The van der Waals surface area contributed by atoms with Crippen LogP contribution in [0.25, 0.3) is 0 Å². The summed E-state index contributed by atoms with van der Waals surface area (Å²) in [4.78, 5) is 12.3. The van der Waals surface area contributed by atoms with Crippen LogP contribution < -0.4 is 11.1 Å². The molecule has 1 unspecified atom stereocenters. The lowest BCUT2D eigenvalue weighted by atomic mass is 9.91. The summed E-state index contributed by atoms with van der Waals surface area (Å²) in [5.74, 6) is -0.826. The SMILES string of the molecule is CCC(CC)(CN)NC(=O)C(C)c1cccc(F)c1. The number of nitrogens with two attached hydrogens (primary N) is 1. The number of carbonyl (C=O) groups is 1. The molecule has 1 aromatic carbocycles. The second kappa shape index (κ2) is 6.66. The summed E-state index contributed by atoms with van der Waals surface area (Å²) in [6.45, 7) is 6.19. The number of hydrogen-bond acceptors (Lipinski definition) is 2. The second-order valence-corrected chi connectivity index (χ2v) is 4.96. The molecule has 0 aromatic heterocycles. The minimum atomic E-state index is -0.389. The summed E-state index contributed by atoms with van der Waals surface area (Å²) < 4.78 is 13.2. The standard InChI is InChI=1S/C15H23FN2O/c1-4-15(5-2,10-17)18-14(19)11(3)12-7-6-8-13(16)9-12/h6-9,11H,4-5,10,17H2,1-3H3,(H,18,19). The van der Waals surface area contributed by atoms with Crippen LogP contribution in [0.15, 0.2) is 24.3 Å². The topological polar surface area (TPSA) is 55.1 Å². The first-order valence-electron chi connectivity index (χ1n) is 6.75. The first kappa shape index (κ1) is 15.6. The van der Waals surface area contributed by atoms with Gasteiger partial charge in [-0.05, 0) is 37.5 Å². The van der Waals surface area contributed by atoms with E-state index in [9.17, 15) is 9.18 Å². The van der Waals surface area contributed by atoms with Crippen molar-refractivity contribution in [3.63, 3.8) is 0 Å². The molecular weight excluding hydrogens is 243 g/mol. The maximum atomic E-state index is 13.2. The van der Waals surface area contributed by atoms with Crippen molar-refractivity contribution in [3.05, 3.63) is 35.6 Å². The summed E-state index contributed by atoms with van der Waals surface area (Å²) in [5.41, 5.74) is 6.08. The molecule has 0 radical (unpaired) electrons. The summed E-state index contributed by atoms with van der Waals surface area (Å²) in [7, 11) is 0. The third kappa shape index (κ3) is 3.77. The molecule has 0 aliphatic rings. The normalized spacial score (nSPS) is 13.1. The van der Waals surface area contributed by atoms with Gasteiger partial charge in [0.25, 0.3) is 0 Å². The van der Waals surface area contributed by atoms with Gasteiger partial charge in [0.05, 0.1) is 11.5 Å². The van der Waals surface area contributed by atoms with Gasteiger partial charge in [0.2, 0.25) is 5.91 Å². The van der Waals surface area contributed by atoms with Gasteiger partial charge >= 0.3 is 0 Å². The van der Waals surface area contributed by atoms with Gasteiger partial charge in [-0.15, -0.1) is 0 Å². The fourth-order valence-electron chi connectivity index (χ4n) is 2.06. The number of amides is 1. The molecule has 0 bridgehead atoms. The van der Waals surface area contributed by atoms with Gasteiger partial charge in [-0.2, -0.15) is 0 Å². The minimum Gasteiger partial charge on any atom is -0.349 e. The Morgan fingerprint density at radius 2 is 2.05 bits per heavy atom. The Morgan fingerprint density at radius 1 is 1.42 bits per heavy atom. The van der Waals surface area contributed by atoms with Crippen LogP contribution in [0.5, 0.6) is 0 Å². The fraction of sp³-hybridized carbons (Fsp3) is 0.533. The summed E-state index contributed by atoms with van der Waals surface area (Å²) in [5, 5.41) is 3.01. The highest BCUT2D eigenvalue weighted by Gasteiger charge is 2.28. The molecule has 1 aromatic rings. The number of nitrogens with one attached hydrogen (secondary N) is 1. The van der Waals surface area contributed by atoms with Crippen LogP contribution in [0.3, 0.4) is 0 Å². The number of benzene rings is 1. The van der Waals surface area contributed by atoms with E-state index < -0.39 is 0 Å². The molecule has 0 aliphatic carbocycles. The Bertz CT molecular complexity index is 422. The summed E-state index contributed by atoms with van der Waals surface area (Å²) in [6, 6.07) is 6.14. The molecule has 4 heteroatoms. The Balaban J connectivity index is 2.83. The number of hydrogen-bond donors (Lipinski definition) is 2. The predicted octanol–water partition coefficient (Wildman–Crippen LogP) is 2.56. The van der Waals surface area contributed by atoms with E-state index >= 15 is 0 Å². The summed E-state index contributed by atoms with van der Waals surface area (Å²) >= 11 is 0. The third-order valence-electron chi connectivity index (χ3n) is 3.87. The zero-order chi connectivity index (χ0) is 14.5. The third-order valence-corrected chi connectivity index (χ3v) is 3.87. The van der Waals surface area contributed by atoms with E-state index in [0.29, 0.717) is 12.1 Å². The van der Waals surface area contributed by atoms with E-state index in [4.69, 9.17) is 5.73 Å². The van der Waals surface area contributed by atoms with Crippen molar-refractivity contribution in [3.8, 4) is 0 Å². The first-order valence-corrected chi connectivity index (χ1v) is 6.75. The van der Waals surface area contributed by atoms with Crippen LogP contribution in [-0.4, -0.2) is 18.0 Å². The number of rotatable bonds is 6. The largest absolute Gasteiger partial charge is 0.349 e. The highest BCUT2D eigenvalue weighted by molar-refractivity contribution is 5.83. The van der Waals surface area contributed by atoms with Crippen LogP contribution in [0.1, 0.15) is 45.1 Å². The molecule has 3 N–H and O–H groups in total. The van der Waals surface area contributed by atoms with E-state index in [0.717, 1.165) is 12.8 Å². The molecule has 106 valence electrons. The molecule has 0 saturated heterocycles. The van der Waals surface area contributed by atoms with Gasteiger partial charge < -0.3 is 11.1 Å². The molecule has 1 atom stereocenters. The van der Waals surface area contributed by atoms with E-state index in [1.165, 1.54) is 12.1 Å². The van der Waals surface area contributed by atoms with Crippen molar-refractivity contribution in [2.24, 2.45) is 5.73 Å².